The van der Waals surface area contributed by atoms with Crippen molar-refractivity contribution in [2.45, 2.75) is 17.9 Å². The average Bonchev–Trinajstić information content (AvgIpc) is 3.17. The summed E-state index contributed by atoms with van der Waals surface area (Å²) in [6, 6.07) is 9.45. The van der Waals surface area contributed by atoms with Gasteiger partial charge in [0, 0.05) is 17.0 Å². The number of nitrogens with one attached hydrogen (secondary N) is 1. The number of rotatable bonds is 7. The molecule has 1 unspecified atom stereocenters. The smallest absolute Gasteiger partial charge is 0.240 e. The van der Waals surface area contributed by atoms with Gasteiger partial charge in [0.2, 0.25) is 15.9 Å². The number of halogens is 2. The van der Waals surface area contributed by atoms with E-state index in [1.807, 2.05) is 6.92 Å². The number of nitrogens with zero attached hydrogens (tertiary/aromatic N) is 2. The molecule has 0 spiro atoms. The summed E-state index contributed by atoms with van der Waals surface area (Å²) in [6.07, 6.45) is 0. The van der Waals surface area contributed by atoms with Gasteiger partial charge in [-0.05, 0) is 49.9 Å². The number of thiazole rings is 1. The number of primary sulfonamides is 1. The van der Waals surface area contributed by atoms with E-state index in [1.165, 1.54) is 29.5 Å². The molecule has 0 aliphatic heterocycles. The SMILES string of the molecule is CC(c1ccc(S(N)(=O)=O)cc1)N(C)CC(=O)Nc1nc(-c2ccc(F)c(F)c2)cs1. The van der Waals surface area contributed by atoms with Crippen LogP contribution in [0.1, 0.15) is 18.5 Å². The van der Waals surface area contributed by atoms with Gasteiger partial charge in [0.1, 0.15) is 0 Å². The second kappa shape index (κ2) is 9.18. The molecule has 0 saturated carbocycles. The fourth-order valence-corrected chi connectivity index (χ4v) is 4.08. The molecule has 31 heavy (non-hydrogen) atoms. The normalized spacial score (nSPS) is 12.7. The lowest BCUT2D eigenvalue weighted by Gasteiger charge is -2.24. The van der Waals surface area contributed by atoms with Gasteiger partial charge >= 0.3 is 0 Å². The summed E-state index contributed by atoms with van der Waals surface area (Å²) in [5.41, 5.74) is 1.65. The van der Waals surface area contributed by atoms with E-state index in [-0.39, 0.29) is 23.4 Å². The number of nitrogens with two attached hydrogens (primary N) is 1. The maximum Gasteiger partial charge on any atom is 0.240 e. The Balaban J connectivity index is 1.61. The summed E-state index contributed by atoms with van der Waals surface area (Å²) < 4.78 is 49.2. The molecule has 0 saturated heterocycles. The third kappa shape index (κ3) is 5.70. The Bertz CT molecular complexity index is 1200. The number of aromatic nitrogens is 1. The summed E-state index contributed by atoms with van der Waals surface area (Å²) in [4.78, 5) is 18.4. The number of sulfonamides is 1. The van der Waals surface area contributed by atoms with Crippen molar-refractivity contribution < 1.29 is 22.0 Å². The summed E-state index contributed by atoms with van der Waals surface area (Å²) in [5.74, 6) is -2.21. The molecule has 1 amide bonds. The minimum absolute atomic E-state index is 0.0180. The van der Waals surface area contributed by atoms with Crippen LogP contribution < -0.4 is 10.5 Å². The van der Waals surface area contributed by atoms with Crippen molar-refractivity contribution in [1.82, 2.24) is 9.88 Å². The predicted molar refractivity (Wildman–Crippen MR) is 115 cm³/mol. The Morgan fingerprint density at radius 2 is 1.87 bits per heavy atom. The highest BCUT2D eigenvalue weighted by molar-refractivity contribution is 7.89. The van der Waals surface area contributed by atoms with Gasteiger partial charge in [-0.2, -0.15) is 0 Å². The maximum absolute atomic E-state index is 13.4. The number of hydrogen-bond donors (Lipinski definition) is 2. The molecule has 0 bridgehead atoms. The van der Waals surface area contributed by atoms with Crippen LogP contribution in [-0.4, -0.2) is 37.8 Å². The van der Waals surface area contributed by atoms with E-state index in [0.29, 0.717) is 16.4 Å². The van der Waals surface area contributed by atoms with Crippen molar-refractivity contribution in [2.24, 2.45) is 5.14 Å². The van der Waals surface area contributed by atoms with Gasteiger partial charge in [0.25, 0.3) is 0 Å². The number of benzene rings is 2. The molecule has 3 rings (SSSR count). The first kappa shape index (κ1) is 22.9. The van der Waals surface area contributed by atoms with Crippen molar-refractivity contribution in [3.05, 3.63) is 65.0 Å². The molecule has 1 aromatic heterocycles. The highest BCUT2D eigenvalue weighted by atomic mass is 32.2. The standard InChI is InChI=1S/C20H20F2N4O3S2/c1-12(13-3-6-15(7-4-13)31(23,28)29)26(2)10-19(27)25-20-24-18(11-30-20)14-5-8-16(21)17(22)9-14/h3-9,11-12H,10H2,1-2H3,(H2,23,28,29)(H,24,25,27). The molecule has 0 aliphatic rings. The van der Waals surface area contributed by atoms with Crippen LogP contribution in [0.15, 0.2) is 52.7 Å². The Hall–Kier alpha value is -2.73. The summed E-state index contributed by atoms with van der Waals surface area (Å²) in [6.45, 7) is 1.93. The lowest BCUT2D eigenvalue weighted by Crippen LogP contribution is -2.32. The summed E-state index contributed by atoms with van der Waals surface area (Å²) >= 11 is 1.17. The zero-order valence-electron chi connectivity index (χ0n) is 16.7. The van der Waals surface area contributed by atoms with Gasteiger partial charge in [0.15, 0.2) is 16.8 Å². The first-order valence-electron chi connectivity index (χ1n) is 9.08. The average molecular weight is 467 g/mol. The first-order valence-corrected chi connectivity index (χ1v) is 11.5. The Labute approximate surface area is 182 Å². The third-order valence-corrected chi connectivity index (χ3v) is 6.40. The predicted octanol–water partition coefficient (Wildman–Crippen LogP) is 3.37. The molecule has 0 aliphatic carbocycles. The molecular formula is C20H20F2N4O3S2. The van der Waals surface area contributed by atoms with Crippen LogP contribution in [0, 0.1) is 11.6 Å². The van der Waals surface area contributed by atoms with E-state index in [0.717, 1.165) is 17.7 Å². The van der Waals surface area contributed by atoms with Crippen LogP contribution in [0.5, 0.6) is 0 Å². The molecular weight excluding hydrogens is 446 g/mol. The Morgan fingerprint density at radius 3 is 2.48 bits per heavy atom. The summed E-state index contributed by atoms with van der Waals surface area (Å²) in [5, 5.41) is 9.77. The minimum atomic E-state index is -3.76. The Kier molecular flexibility index (Phi) is 6.80. The number of hydrogen-bond acceptors (Lipinski definition) is 6. The number of carbonyl (C=O) groups is 1. The molecule has 3 aromatic rings. The number of anilines is 1. The van der Waals surface area contributed by atoms with Gasteiger partial charge in [-0.3, -0.25) is 9.69 Å². The van der Waals surface area contributed by atoms with E-state index in [1.54, 1.807) is 29.5 Å². The van der Waals surface area contributed by atoms with Crippen LogP contribution in [0.3, 0.4) is 0 Å². The van der Waals surface area contributed by atoms with E-state index in [2.05, 4.69) is 10.3 Å². The summed E-state index contributed by atoms with van der Waals surface area (Å²) in [7, 11) is -2.01. The molecule has 1 heterocycles. The van der Waals surface area contributed by atoms with E-state index in [9.17, 15) is 22.0 Å². The van der Waals surface area contributed by atoms with Gasteiger partial charge < -0.3 is 5.32 Å². The van der Waals surface area contributed by atoms with Crippen molar-refractivity contribution in [3.8, 4) is 11.3 Å². The number of likely N-dealkylation sites (N-methyl/N-ethyl adjacent to an activating group) is 1. The van der Waals surface area contributed by atoms with E-state index in [4.69, 9.17) is 5.14 Å². The molecule has 164 valence electrons. The van der Waals surface area contributed by atoms with Crippen LogP contribution in [0.25, 0.3) is 11.3 Å². The molecule has 2 aromatic carbocycles. The van der Waals surface area contributed by atoms with Gasteiger partial charge in [-0.1, -0.05) is 12.1 Å². The van der Waals surface area contributed by atoms with E-state index < -0.39 is 21.7 Å². The zero-order valence-corrected chi connectivity index (χ0v) is 18.3. The van der Waals surface area contributed by atoms with Crippen molar-refractivity contribution in [1.29, 1.82) is 0 Å². The lowest BCUT2D eigenvalue weighted by atomic mass is 10.1. The van der Waals surface area contributed by atoms with Crippen LogP contribution >= 0.6 is 11.3 Å². The Morgan fingerprint density at radius 1 is 1.19 bits per heavy atom. The second-order valence-corrected chi connectivity index (χ2v) is 9.34. The lowest BCUT2D eigenvalue weighted by molar-refractivity contribution is -0.117. The highest BCUT2D eigenvalue weighted by Gasteiger charge is 2.17. The van der Waals surface area contributed by atoms with Gasteiger partial charge in [0.05, 0.1) is 17.1 Å². The topological polar surface area (TPSA) is 105 Å². The molecule has 0 radical (unpaired) electrons. The monoisotopic (exact) mass is 466 g/mol. The number of carbonyl (C=O) groups excluding carboxylic acids is 1. The first-order chi connectivity index (χ1) is 14.5. The molecule has 1 atom stereocenters. The second-order valence-electron chi connectivity index (χ2n) is 6.92. The quantitative estimate of drug-likeness (QED) is 0.556. The molecule has 0 fully saturated rings. The highest BCUT2D eigenvalue weighted by Crippen LogP contribution is 2.26. The molecule has 11 heteroatoms. The fraction of sp³-hybridized carbons (Fsp3) is 0.200. The van der Waals surface area contributed by atoms with Crippen molar-refractivity contribution >= 4 is 32.4 Å². The van der Waals surface area contributed by atoms with Crippen molar-refractivity contribution in [3.63, 3.8) is 0 Å². The van der Waals surface area contributed by atoms with Crippen LogP contribution in [0.2, 0.25) is 0 Å². The number of amides is 1. The maximum atomic E-state index is 13.4. The van der Waals surface area contributed by atoms with Crippen molar-refractivity contribution in [2.75, 3.05) is 18.9 Å². The van der Waals surface area contributed by atoms with Crippen LogP contribution in [0.4, 0.5) is 13.9 Å². The minimum Gasteiger partial charge on any atom is -0.301 e. The van der Waals surface area contributed by atoms with E-state index >= 15 is 0 Å². The molecule has 7 nitrogen and oxygen atoms in total. The van der Waals surface area contributed by atoms with Gasteiger partial charge in [-0.15, -0.1) is 11.3 Å². The zero-order chi connectivity index (χ0) is 22.8. The third-order valence-electron chi connectivity index (χ3n) is 4.71. The largest absolute Gasteiger partial charge is 0.301 e. The molecule has 3 N–H and O–H groups in total. The fourth-order valence-electron chi connectivity index (χ4n) is 2.83. The van der Waals surface area contributed by atoms with Crippen LogP contribution in [-0.2, 0) is 14.8 Å². The van der Waals surface area contributed by atoms with Gasteiger partial charge in [-0.25, -0.2) is 27.3 Å².